The van der Waals surface area contributed by atoms with Crippen LogP contribution in [0.3, 0.4) is 0 Å². The van der Waals surface area contributed by atoms with Gasteiger partial charge in [0.1, 0.15) is 0 Å². The molecule has 0 bridgehead atoms. The molecule has 0 heterocycles. The van der Waals surface area contributed by atoms with E-state index < -0.39 is 0 Å². The van der Waals surface area contributed by atoms with E-state index in [1.54, 1.807) is 0 Å². The average molecular weight is 146 g/mol. The van der Waals surface area contributed by atoms with Crippen molar-refractivity contribution < 1.29 is 0 Å². The van der Waals surface area contributed by atoms with Crippen molar-refractivity contribution in [3.05, 3.63) is 36.0 Å². The summed E-state index contributed by atoms with van der Waals surface area (Å²) in [6.45, 7) is 2.31. The monoisotopic (exact) mass is 146 g/mol. The molecule has 0 amide bonds. The van der Waals surface area contributed by atoms with Crippen LogP contribution in [0.1, 0.15) is 19.8 Å². The fourth-order valence-electron chi connectivity index (χ4n) is 2.01. The zero-order chi connectivity index (χ0) is 7.68. The first-order chi connectivity index (χ1) is 5.38. The third-order valence-corrected chi connectivity index (χ3v) is 2.72. The predicted molar refractivity (Wildman–Crippen MR) is 48.3 cm³/mol. The fraction of sp³-hybridized carbons (Fsp3) is 0.455. The predicted octanol–water partition coefficient (Wildman–Crippen LogP) is 3.08. The van der Waals surface area contributed by atoms with Crippen molar-refractivity contribution in [3.8, 4) is 0 Å². The lowest BCUT2D eigenvalue weighted by molar-refractivity contribution is 0.450. The molecule has 0 N–H and O–H groups in total. The summed E-state index contributed by atoms with van der Waals surface area (Å²) in [5, 5.41) is 0. The third kappa shape index (κ3) is 1.18. The van der Waals surface area contributed by atoms with E-state index >= 15 is 0 Å². The summed E-state index contributed by atoms with van der Waals surface area (Å²) >= 11 is 0. The Bertz CT molecular complexity index is 230. The largest absolute Gasteiger partial charge is 0.0842 e. The summed E-state index contributed by atoms with van der Waals surface area (Å²) in [4.78, 5) is 0. The summed E-state index contributed by atoms with van der Waals surface area (Å²) in [6.07, 6.45) is 13.9. The molecule has 0 aromatic rings. The second kappa shape index (κ2) is 2.69. The molecule has 0 aromatic heterocycles. The molecule has 0 radical (unpaired) electrons. The van der Waals surface area contributed by atoms with Crippen LogP contribution in [0.5, 0.6) is 0 Å². The van der Waals surface area contributed by atoms with Gasteiger partial charge < -0.3 is 0 Å². The Hall–Kier alpha value is -0.780. The Labute approximate surface area is 68.3 Å². The van der Waals surface area contributed by atoms with Crippen LogP contribution < -0.4 is 0 Å². The van der Waals surface area contributed by atoms with Crippen LogP contribution >= 0.6 is 0 Å². The van der Waals surface area contributed by atoms with Crippen molar-refractivity contribution in [1.29, 1.82) is 0 Å². The van der Waals surface area contributed by atoms with Crippen LogP contribution in [-0.4, -0.2) is 0 Å². The number of allylic oxidation sites excluding steroid dienone is 6. The first kappa shape index (κ1) is 6.90. The minimum Gasteiger partial charge on any atom is -0.0842 e. The summed E-state index contributed by atoms with van der Waals surface area (Å²) < 4.78 is 0. The summed E-state index contributed by atoms with van der Waals surface area (Å²) in [6, 6.07) is 0. The van der Waals surface area contributed by atoms with Crippen molar-refractivity contribution in [2.45, 2.75) is 19.8 Å². The molecular weight excluding hydrogens is 132 g/mol. The SMILES string of the molecule is CC1C=CC=C2C=CCCC21. The van der Waals surface area contributed by atoms with Gasteiger partial charge in [-0.2, -0.15) is 0 Å². The van der Waals surface area contributed by atoms with Gasteiger partial charge in [-0.25, -0.2) is 0 Å². The number of rotatable bonds is 0. The van der Waals surface area contributed by atoms with E-state index in [-0.39, 0.29) is 0 Å². The van der Waals surface area contributed by atoms with Gasteiger partial charge in [0.2, 0.25) is 0 Å². The van der Waals surface area contributed by atoms with Crippen molar-refractivity contribution in [1.82, 2.24) is 0 Å². The van der Waals surface area contributed by atoms with Gasteiger partial charge in [-0.05, 0) is 30.3 Å². The van der Waals surface area contributed by atoms with E-state index in [0.717, 1.165) is 11.8 Å². The molecule has 0 saturated heterocycles. The zero-order valence-corrected chi connectivity index (χ0v) is 6.96. The van der Waals surface area contributed by atoms with Crippen molar-refractivity contribution in [2.24, 2.45) is 11.8 Å². The van der Waals surface area contributed by atoms with Crippen LogP contribution in [-0.2, 0) is 0 Å². The molecular formula is C11H14. The average Bonchev–Trinajstić information content (AvgIpc) is 2.06. The summed E-state index contributed by atoms with van der Waals surface area (Å²) in [5.74, 6) is 1.56. The van der Waals surface area contributed by atoms with Gasteiger partial charge in [0, 0.05) is 0 Å². The Morgan fingerprint density at radius 2 is 2.36 bits per heavy atom. The molecule has 2 aliphatic rings. The van der Waals surface area contributed by atoms with E-state index in [0.29, 0.717) is 0 Å². The van der Waals surface area contributed by atoms with Crippen LogP contribution in [0.2, 0.25) is 0 Å². The van der Waals surface area contributed by atoms with Gasteiger partial charge in [-0.3, -0.25) is 0 Å². The zero-order valence-electron chi connectivity index (χ0n) is 6.96. The van der Waals surface area contributed by atoms with Crippen LogP contribution in [0.4, 0.5) is 0 Å². The van der Waals surface area contributed by atoms with Crippen molar-refractivity contribution in [3.63, 3.8) is 0 Å². The third-order valence-electron chi connectivity index (χ3n) is 2.72. The molecule has 2 atom stereocenters. The maximum Gasteiger partial charge on any atom is -0.00987 e. The lowest BCUT2D eigenvalue weighted by atomic mass is 9.78. The Balaban J connectivity index is 2.29. The molecule has 0 spiro atoms. The van der Waals surface area contributed by atoms with E-state index in [4.69, 9.17) is 0 Å². The molecule has 0 saturated carbocycles. The second-order valence-corrected chi connectivity index (χ2v) is 3.50. The molecule has 0 nitrogen and oxygen atoms in total. The van der Waals surface area contributed by atoms with Crippen molar-refractivity contribution >= 4 is 0 Å². The fourth-order valence-corrected chi connectivity index (χ4v) is 2.01. The maximum absolute atomic E-state index is 2.31. The Morgan fingerprint density at radius 1 is 1.45 bits per heavy atom. The van der Waals surface area contributed by atoms with Crippen molar-refractivity contribution in [2.75, 3.05) is 0 Å². The summed E-state index contributed by atoms with van der Waals surface area (Å²) in [7, 11) is 0. The second-order valence-electron chi connectivity index (χ2n) is 3.50. The molecule has 2 aliphatic carbocycles. The van der Waals surface area contributed by atoms with Gasteiger partial charge in [0.05, 0.1) is 0 Å². The topological polar surface area (TPSA) is 0 Å². The highest BCUT2D eigenvalue weighted by molar-refractivity contribution is 5.33. The highest BCUT2D eigenvalue weighted by Crippen LogP contribution is 2.33. The standard InChI is InChI=1S/C11H14/c1-9-5-4-7-10-6-2-3-8-11(9)10/h2,4-7,9,11H,3,8H2,1H3. The molecule has 0 fully saturated rings. The lowest BCUT2D eigenvalue weighted by Crippen LogP contribution is -2.15. The van der Waals surface area contributed by atoms with Gasteiger partial charge >= 0.3 is 0 Å². The minimum absolute atomic E-state index is 0.750. The number of hydrogen-bond acceptors (Lipinski definition) is 0. The van der Waals surface area contributed by atoms with E-state index in [1.165, 1.54) is 18.4 Å². The Kier molecular flexibility index (Phi) is 1.69. The van der Waals surface area contributed by atoms with Crippen LogP contribution in [0.25, 0.3) is 0 Å². The van der Waals surface area contributed by atoms with E-state index in [9.17, 15) is 0 Å². The van der Waals surface area contributed by atoms with Gasteiger partial charge in [0.25, 0.3) is 0 Å². The minimum atomic E-state index is 0.750. The smallest absolute Gasteiger partial charge is 0.00987 e. The molecule has 0 aliphatic heterocycles. The molecule has 58 valence electrons. The molecule has 0 heteroatoms. The van der Waals surface area contributed by atoms with E-state index in [1.807, 2.05) is 0 Å². The summed E-state index contributed by atoms with van der Waals surface area (Å²) in [5.41, 5.74) is 1.53. The Morgan fingerprint density at radius 3 is 3.18 bits per heavy atom. The van der Waals surface area contributed by atoms with Gasteiger partial charge in [0.15, 0.2) is 0 Å². The van der Waals surface area contributed by atoms with Crippen LogP contribution in [0, 0.1) is 11.8 Å². The first-order valence-electron chi connectivity index (χ1n) is 4.43. The molecule has 11 heavy (non-hydrogen) atoms. The van der Waals surface area contributed by atoms with E-state index in [2.05, 4.69) is 37.3 Å². The first-order valence-corrected chi connectivity index (χ1v) is 4.43. The molecule has 2 unspecified atom stereocenters. The molecule has 2 rings (SSSR count). The van der Waals surface area contributed by atoms with Gasteiger partial charge in [-0.1, -0.05) is 37.3 Å². The highest BCUT2D eigenvalue weighted by Gasteiger charge is 2.21. The number of hydrogen-bond donors (Lipinski definition) is 0. The lowest BCUT2D eigenvalue weighted by Gasteiger charge is -2.27. The quantitative estimate of drug-likeness (QED) is 0.492. The normalized spacial score (nSPS) is 34.8. The van der Waals surface area contributed by atoms with Crippen LogP contribution in [0.15, 0.2) is 36.0 Å². The highest BCUT2D eigenvalue weighted by atomic mass is 14.3. The van der Waals surface area contributed by atoms with Gasteiger partial charge in [-0.15, -0.1) is 0 Å². The maximum atomic E-state index is 2.31. The molecule has 0 aromatic carbocycles. The number of fused-ring (bicyclic) bond motifs is 1.